The number of aryl methyl sites for hydroxylation is 4. The topological polar surface area (TPSA) is 20.2 Å². The number of phenols is 1. The van der Waals surface area contributed by atoms with Gasteiger partial charge in [0.2, 0.25) is 0 Å². The fourth-order valence-electron chi connectivity index (χ4n) is 4.75. The zero-order chi connectivity index (χ0) is 17.5. The molecule has 5 aromatic carbocycles. The highest BCUT2D eigenvalue weighted by Crippen LogP contribution is 2.46. The van der Waals surface area contributed by atoms with E-state index < -0.39 is 0 Å². The third-order valence-corrected chi connectivity index (χ3v) is 5.80. The molecule has 1 nitrogen and oxygen atoms in total. The van der Waals surface area contributed by atoms with E-state index in [2.05, 4.69) is 64.1 Å². The van der Waals surface area contributed by atoms with Gasteiger partial charge >= 0.3 is 0 Å². The lowest BCUT2D eigenvalue weighted by Crippen LogP contribution is -1.93. The van der Waals surface area contributed by atoms with Gasteiger partial charge in [0.05, 0.1) is 0 Å². The maximum atomic E-state index is 10.9. The molecule has 0 saturated carbocycles. The average molecular weight is 324 g/mol. The molecule has 0 aliphatic carbocycles. The van der Waals surface area contributed by atoms with Crippen molar-refractivity contribution in [3.63, 3.8) is 0 Å². The number of hydrogen-bond acceptors (Lipinski definition) is 1. The van der Waals surface area contributed by atoms with E-state index >= 15 is 0 Å². The maximum Gasteiger partial charge on any atom is 0.124 e. The van der Waals surface area contributed by atoms with E-state index in [1.807, 2.05) is 6.07 Å². The van der Waals surface area contributed by atoms with Gasteiger partial charge in [-0.2, -0.15) is 0 Å². The summed E-state index contributed by atoms with van der Waals surface area (Å²) in [6.45, 7) is 8.59. The molecule has 0 radical (unpaired) electrons. The lowest BCUT2D eigenvalue weighted by atomic mass is 9.85. The summed E-state index contributed by atoms with van der Waals surface area (Å²) in [4.78, 5) is 0. The summed E-state index contributed by atoms with van der Waals surface area (Å²) in [7, 11) is 0. The Hall–Kier alpha value is -2.80. The Morgan fingerprint density at radius 3 is 1.56 bits per heavy atom. The van der Waals surface area contributed by atoms with Crippen LogP contribution in [0.1, 0.15) is 22.3 Å². The van der Waals surface area contributed by atoms with E-state index in [0.717, 1.165) is 16.3 Å². The molecule has 5 aromatic rings. The van der Waals surface area contributed by atoms with E-state index in [0.29, 0.717) is 5.75 Å². The molecule has 1 heteroatoms. The van der Waals surface area contributed by atoms with Crippen molar-refractivity contribution in [3.8, 4) is 5.75 Å². The minimum absolute atomic E-state index is 0.383. The quantitative estimate of drug-likeness (QED) is 0.249. The fourth-order valence-corrected chi connectivity index (χ4v) is 4.75. The normalized spacial score (nSPS) is 12.2. The molecule has 1 N–H and O–H groups in total. The molecule has 0 amide bonds. The van der Waals surface area contributed by atoms with Gasteiger partial charge < -0.3 is 5.11 Å². The first-order valence-corrected chi connectivity index (χ1v) is 8.78. The third kappa shape index (κ3) is 1.68. The van der Waals surface area contributed by atoms with Crippen LogP contribution in [0.4, 0.5) is 0 Å². The van der Waals surface area contributed by atoms with Gasteiger partial charge in [0.25, 0.3) is 0 Å². The van der Waals surface area contributed by atoms with Crippen molar-refractivity contribution in [2.75, 3.05) is 0 Å². The Labute approximate surface area is 146 Å². The largest absolute Gasteiger partial charge is 0.507 e. The van der Waals surface area contributed by atoms with Crippen LogP contribution < -0.4 is 0 Å². The first kappa shape index (κ1) is 14.5. The van der Waals surface area contributed by atoms with Crippen LogP contribution in [0.25, 0.3) is 43.1 Å². The molecule has 0 aromatic heterocycles. The van der Waals surface area contributed by atoms with E-state index in [1.54, 1.807) is 0 Å². The van der Waals surface area contributed by atoms with Crippen LogP contribution in [0.5, 0.6) is 5.75 Å². The SMILES string of the molecule is Cc1ccc2c3ccc(C)c4c(C)cc(O)c(c5ccc(C)c1c25)c43. The molecule has 0 atom stereocenters. The van der Waals surface area contributed by atoms with E-state index in [4.69, 9.17) is 0 Å². The highest BCUT2D eigenvalue weighted by atomic mass is 16.3. The Balaban J connectivity index is 2.29. The van der Waals surface area contributed by atoms with Crippen molar-refractivity contribution in [1.29, 1.82) is 0 Å². The second-order valence-electron chi connectivity index (χ2n) is 7.38. The van der Waals surface area contributed by atoms with Crippen molar-refractivity contribution >= 4 is 43.1 Å². The molecule has 0 unspecified atom stereocenters. The summed E-state index contributed by atoms with van der Waals surface area (Å²) in [5.74, 6) is 0.383. The molecule has 0 heterocycles. The monoisotopic (exact) mass is 324 g/mol. The molecule has 5 rings (SSSR count). The van der Waals surface area contributed by atoms with Gasteiger partial charge in [0, 0.05) is 10.8 Å². The second-order valence-corrected chi connectivity index (χ2v) is 7.38. The predicted octanol–water partition coefficient (Wildman–Crippen LogP) is 6.68. The highest BCUT2D eigenvalue weighted by Gasteiger charge is 2.19. The van der Waals surface area contributed by atoms with Gasteiger partial charge in [-0.25, -0.2) is 0 Å². The van der Waals surface area contributed by atoms with Gasteiger partial charge in [-0.05, 0) is 88.3 Å². The molecular formula is C24H20O. The molecule has 25 heavy (non-hydrogen) atoms. The Kier molecular flexibility index (Phi) is 2.69. The Morgan fingerprint density at radius 1 is 0.480 bits per heavy atom. The lowest BCUT2D eigenvalue weighted by Gasteiger charge is -2.19. The molecule has 0 bridgehead atoms. The fraction of sp³-hybridized carbons (Fsp3) is 0.167. The van der Waals surface area contributed by atoms with E-state index in [1.165, 1.54) is 49.0 Å². The minimum Gasteiger partial charge on any atom is -0.507 e. The first-order chi connectivity index (χ1) is 12.0. The molecule has 0 aliphatic rings. The van der Waals surface area contributed by atoms with Crippen molar-refractivity contribution in [2.24, 2.45) is 0 Å². The molecule has 0 saturated heterocycles. The average Bonchev–Trinajstić information content (AvgIpc) is 2.57. The third-order valence-electron chi connectivity index (χ3n) is 5.80. The van der Waals surface area contributed by atoms with Crippen molar-refractivity contribution in [2.45, 2.75) is 27.7 Å². The van der Waals surface area contributed by atoms with E-state index in [9.17, 15) is 5.11 Å². The molecule has 0 fully saturated rings. The number of hydrogen-bond donors (Lipinski definition) is 1. The zero-order valence-corrected chi connectivity index (χ0v) is 15.0. The van der Waals surface area contributed by atoms with Gasteiger partial charge in [-0.3, -0.25) is 0 Å². The summed E-state index contributed by atoms with van der Waals surface area (Å²) in [5.41, 5.74) is 4.97. The lowest BCUT2D eigenvalue weighted by molar-refractivity contribution is 0.482. The van der Waals surface area contributed by atoms with Crippen LogP contribution in [0.15, 0.2) is 42.5 Å². The number of fused-ring (bicyclic) bond motifs is 2. The number of rotatable bonds is 0. The van der Waals surface area contributed by atoms with Crippen LogP contribution in [0.3, 0.4) is 0 Å². The zero-order valence-electron chi connectivity index (χ0n) is 15.0. The number of aromatic hydroxyl groups is 1. The standard InChI is InChI=1S/C24H20O/c1-12-5-8-16-17-9-6-14(3)21-15(4)11-19(25)23(24(17)21)18-10-7-13(2)20(12)22(16)18/h5-11,25H,1-4H3. The molecule has 0 spiro atoms. The summed E-state index contributed by atoms with van der Waals surface area (Å²) in [6.07, 6.45) is 0. The number of phenolic OH excluding ortho intramolecular Hbond substituents is 1. The molecule has 0 aliphatic heterocycles. The van der Waals surface area contributed by atoms with Gasteiger partial charge in [0.1, 0.15) is 5.75 Å². The highest BCUT2D eigenvalue weighted by molar-refractivity contribution is 6.35. The van der Waals surface area contributed by atoms with E-state index in [-0.39, 0.29) is 0 Å². The van der Waals surface area contributed by atoms with Crippen LogP contribution in [-0.2, 0) is 0 Å². The summed E-state index contributed by atoms with van der Waals surface area (Å²) in [5, 5.41) is 20.6. The van der Waals surface area contributed by atoms with Crippen molar-refractivity contribution in [3.05, 3.63) is 64.7 Å². The molecule has 122 valence electrons. The predicted molar refractivity (Wildman–Crippen MR) is 108 cm³/mol. The Bertz CT molecular complexity index is 1320. The number of benzene rings is 5. The minimum atomic E-state index is 0.383. The molecular weight excluding hydrogens is 304 g/mol. The Morgan fingerprint density at radius 2 is 0.960 bits per heavy atom. The van der Waals surface area contributed by atoms with Gasteiger partial charge in [-0.15, -0.1) is 0 Å². The van der Waals surface area contributed by atoms with Gasteiger partial charge in [-0.1, -0.05) is 36.4 Å². The van der Waals surface area contributed by atoms with Crippen LogP contribution in [0, 0.1) is 27.7 Å². The summed E-state index contributed by atoms with van der Waals surface area (Å²) < 4.78 is 0. The maximum absolute atomic E-state index is 10.9. The van der Waals surface area contributed by atoms with Crippen molar-refractivity contribution < 1.29 is 5.11 Å². The van der Waals surface area contributed by atoms with Crippen LogP contribution in [-0.4, -0.2) is 5.11 Å². The first-order valence-electron chi connectivity index (χ1n) is 8.78. The summed E-state index contributed by atoms with van der Waals surface area (Å²) >= 11 is 0. The summed E-state index contributed by atoms with van der Waals surface area (Å²) in [6, 6.07) is 15.2. The smallest absolute Gasteiger partial charge is 0.124 e. The van der Waals surface area contributed by atoms with Crippen molar-refractivity contribution in [1.82, 2.24) is 0 Å². The van der Waals surface area contributed by atoms with Crippen LogP contribution >= 0.6 is 0 Å². The second kappa shape index (κ2) is 4.64. The van der Waals surface area contributed by atoms with Crippen LogP contribution in [0.2, 0.25) is 0 Å². The van der Waals surface area contributed by atoms with Gasteiger partial charge in [0.15, 0.2) is 0 Å².